The van der Waals surface area contributed by atoms with Gasteiger partial charge >= 0.3 is 0 Å². The van der Waals surface area contributed by atoms with Crippen molar-refractivity contribution in [2.45, 2.75) is 6.42 Å². The monoisotopic (exact) mass is 621 g/mol. The van der Waals surface area contributed by atoms with Crippen LogP contribution in [0.15, 0.2) is 41.3 Å². The van der Waals surface area contributed by atoms with Crippen molar-refractivity contribution >= 4 is 63.5 Å². The second-order valence-electron chi connectivity index (χ2n) is 9.82. The van der Waals surface area contributed by atoms with Crippen LogP contribution in [0.3, 0.4) is 0 Å². The van der Waals surface area contributed by atoms with Gasteiger partial charge in [0.1, 0.15) is 16.7 Å². The molecule has 1 amide bonds. The predicted octanol–water partition coefficient (Wildman–Crippen LogP) is 5.29. The second-order valence-corrected chi connectivity index (χ2v) is 12.3. The third-order valence-electron chi connectivity index (χ3n) is 7.12. The van der Waals surface area contributed by atoms with Crippen molar-refractivity contribution in [1.82, 2.24) is 14.7 Å². The summed E-state index contributed by atoms with van der Waals surface area (Å²) in [5, 5.41) is 1.10. The van der Waals surface area contributed by atoms with Crippen LogP contribution in [-0.2, 0) is 14.3 Å². The van der Waals surface area contributed by atoms with Crippen LogP contribution in [0.2, 0.25) is 10.0 Å². The average Bonchev–Trinajstić information content (AvgIpc) is 3.22. The molecule has 0 N–H and O–H groups in total. The Kier molecular flexibility index (Phi) is 10.8. The van der Waals surface area contributed by atoms with Crippen LogP contribution in [0.25, 0.3) is 17.2 Å². The number of hydrogen-bond acceptors (Lipinski definition) is 8. The zero-order valence-corrected chi connectivity index (χ0v) is 25.4. The van der Waals surface area contributed by atoms with Gasteiger partial charge in [-0.15, -0.1) is 0 Å². The number of ether oxygens (including phenoxy) is 3. The Hall–Kier alpha value is -1.69. The Bertz CT molecular complexity index is 1250. The Morgan fingerprint density at radius 2 is 1.60 bits per heavy atom. The Labute approximate surface area is 255 Å². The SMILES string of the molecule is O=C1C(=Cc2ccc(OCCN3CCOCC3)c(-c3ccc(Cl)cc3Cl)c2)SC(=S)N1CCCN1CCOCC1. The molecule has 0 aromatic heterocycles. The maximum atomic E-state index is 13.2. The van der Waals surface area contributed by atoms with E-state index >= 15 is 0 Å². The first-order valence-corrected chi connectivity index (χ1v) is 15.5. The van der Waals surface area contributed by atoms with Crippen molar-refractivity contribution in [2.75, 3.05) is 78.8 Å². The lowest BCUT2D eigenvalue weighted by molar-refractivity contribution is -0.122. The van der Waals surface area contributed by atoms with E-state index in [0.717, 1.165) is 94.6 Å². The Morgan fingerprint density at radius 1 is 0.900 bits per heavy atom. The van der Waals surface area contributed by atoms with E-state index in [0.29, 0.717) is 32.4 Å². The van der Waals surface area contributed by atoms with E-state index in [9.17, 15) is 4.79 Å². The molecule has 40 heavy (non-hydrogen) atoms. The topological polar surface area (TPSA) is 54.5 Å². The van der Waals surface area contributed by atoms with Crippen molar-refractivity contribution in [2.24, 2.45) is 0 Å². The second kappa shape index (κ2) is 14.5. The first-order chi connectivity index (χ1) is 19.5. The van der Waals surface area contributed by atoms with Gasteiger partial charge in [0.2, 0.25) is 0 Å². The minimum Gasteiger partial charge on any atom is -0.492 e. The lowest BCUT2D eigenvalue weighted by atomic mass is 10.0. The van der Waals surface area contributed by atoms with Crippen LogP contribution in [0.5, 0.6) is 5.75 Å². The number of morpholine rings is 2. The van der Waals surface area contributed by atoms with Crippen molar-refractivity contribution in [1.29, 1.82) is 0 Å². The van der Waals surface area contributed by atoms with Crippen LogP contribution >= 0.6 is 47.2 Å². The molecule has 0 radical (unpaired) electrons. The largest absolute Gasteiger partial charge is 0.492 e. The highest BCUT2D eigenvalue weighted by atomic mass is 35.5. The number of thiocarbonyl (C=S) groups is 1. The van der Waals surface area contributed by atoms with Gasteiger partial charge in [-0.05, 0) is 42.3 Å². The zero-order valence-electron chi connectivity index (χ0n) is 22.3. The molecule has 0 atom stereocenters. The molecule has 2 aromatic rings. The lowest BCUT2D eigenvalue weighted by Crippen LogP contribution is -2.38. The normalized spacial score (nSPS) is 20.1. The molecule has 2 aromatic carbocycles. The number of hydrogen-bond donors (Lipinski definition) is 0. The van der Waals surface area contributed by atoms with Crippen molar-refractivity contribution in [3.05, 3.63) is 56.9 Å². The molecule has 0 bridgehead atoms. The average molecular weight is 623 g/mol. The van der Waals surface area contributed by atoms with Crippen LogP contribution in [0.1, 0.15) is 12.0 Å². The van der Waals surface area contributed by atoms with Crippen LogP contribution < -0.4 is 4.74 Å². The molecule has 11 heteroatoms. The third kappa shape index (κ3) is 7.77. The van der Waals surface area contributed by atoms with Gasteiger partial charge in [0, 0.05) is 62.0 Å². The molecule has 5 rings (SSSR count). The van der Waals surface area contributed by atoms with E-state index < -0.39 is 0 Å². The molecule has 7 nitrogen and oxygen atoms in total. The third-order valence-corrected chi connectivity index (χ3v) is 9.05. The van der Waals surface area contributed by atoms with E-state index in [2.05, 4.69) is 9.80 Å². The first kappa shape index (κ1) is 29.8. The molecular weight excluding hydrogens is 589 g/mol. The Morgan fingerprint density at radius 3 is 2.30 bits per heavy atom. The molecule has 0 unspecified atom stereocenters. The fourth-order valence-corrected chi connectivity index (χ4v) is 6.73. The number of rotatable bonds is 10. The number of halogens is 2. The fourth-order valence-electron chi connectivity index (χ4n) is 4.91. The number of thioether (sulfide) groups is 1. The molecule has 3 aliphatic rings. The number of nitrogens with zero attached hydrogens (tertiary/aromatic N) is 3. The predicted molar refractivity (Wildman–Crippen MR) is 166 cm³/mol. The summed E-state index contributed by atoms with van der Waals surface area (Å²) in [6.45, 7) is 9.62. The molecule has 3 heterocycles. The van der Waals surface area contributed by atoms with Gasteiger partial charge in [-0.25, -0.2) is 0 Å². The smallest absolute Gasteiger partial charge is 0.266 e. The fraction of sp³-hybridized carbons (Fsp3) is 0.448. The highest BCUT2D eigenvalue weighted by Crippen LogP contribution is 2.39. The van der Waals surface area contributed by atoms with Gasteiger partial charge < -0.3 is 14.2 Å². The summed E-state index contributed by atoms with van der Waals surface area (Å²) in [6.07, 6.45) is 2.77. The minimum atomic E-state index is -0.0473. The van der Waals surface area contributed by atoms with Gasteiger partial charge in [0.15, 0.2) is 0 Å². The summed E-state index contributed by atoms with van der Waals surface area (Å²) in [5.41, 5.74) is 2.53. The molecule has 3 saturated heterocycles. The van der Waals surface area contributed by atoms with Crippen LogP contribution in [0.4, 0.5) is 0 Å². The maximum absolute atomic E-state index is 13.2. The highest BCUT2D eigenvalue weighted by Gasteiger charge is 2.31. The van der Waals surface area contributed by atoms with Crippen molar-refractivity contribution < 1.29 is 19.0 Å². The molecule has 3 aliphatic heterocycles. The van der Waals surface area contributed by atoms with Gasteiger partial charge in [-0.2, -0.15) is 0 Å². The van der Waals surface area contributed by atoms with Gasteiger partial charge in [-0.3, -0.25) is 19.5 Å². The van der Waals surface area contributed by atoms with E-state index in [1.54, 1.807) is 11.0 Å². The number of benzene rings is 2. The summed E-state index contributed by atoms with van der Waals surface area (Å²) >= 11 is 19.7. The van der Waals surface area contributed by atoms with Crippen molar-refractivity contribution in [3.8, 4) is 16.9 Å². The van der Waals surface area contributed by atoms with Gasteiger partial charge in [0.25, 0.3) is 5.91 Å². The molecular formula is C29H33Cl2N3O4S2. The molecule has 214 valence electrons. The van der Waals surface area contributed by atoms with Gasteiger partial charge in [-0.1, -0.05) is 59.3 Å². The standard InChI is InChI=1S/C29H33Cl2N3O4S2/c30-22-3-4-23(25(31)20-22)24-18-21(2-5-26(24)38-17-12-33-10-15-37-16-11-33)19-27-28(35)34(29(39)40-27)7-1-6-32-8-13-36-14-9-32/h2-5,18-20H,1,6-17H2. The molecule has 0 saturated carbocycles. The summed E-state index contributed by atoms with van der Waals surface area (Å²) in [7, 11) is 0. The van der Waals surface area contributed by atoms with Crippen LogP contribution in [-0.4, -0.2) is 104 Å². The van der Waals surface area contributed by atoms with Gasteiger partial charge in [0.05, 0.1) is 36.4 Å². The first-order valence-electron chi connectivity index (χ1n) is 13.6. The van der Waals surface area contributed by atoms with E-state index in [4.69, 9.17) is 49.6 Å². The quantitative estimate of drug-likeness (QED) is 0.262. The highest BCUT2D eigenvalue weighted by molar-refractivity contribution is 8.26. The summed E-state index contributed by atoms with van der Waals surface area (Å²) in [6, 6.07) is 11.3. The zero-order chi connectivity index (χ0) is 27.9. The number of amides is 1. The summed E-state index contributed by atoms with van der Waals surface area (Å²) < 4.78 is 17.7. The van der Waals surface area contributed by atoms with E-state index in [1.807, 2.05) is 36.4 Å². The summed E-state index contributed by atoms with van der Waals surface area (Å²) in [5.74, 6) is 0.680. The lowest BCUT2D eigenvalue weighted by Gasteiger charge is -2.27. The number of carbonyl (C=O) groups excluding carboxylic acids is 1. The maximum Gasteiger partial charge on any atom is 0.266 e. The minimum absolute atomic E-state index is 0.0473. The number of carbonyl (C=O) groups is 1. The van der Waals surface area contributed by atoms with E-state index in [-0.39, 0.29) is 5.91 Å². The molecule has 3 fully saturated rings. The Balaban J connectivity index is 1.30. The molecule has 0 spiro atoms. The van der Waals surface area contributed by atoms with Crippen molar-refractivity contribution in [3.63, 3.8) is 0 Å². The summed E-state index contributed by atoms with van der Waals surface area (Å²) in [4.78, 5) is 20.3. The van der Waals surface area contributed by atoms with Crippen LogP contribution in [0, 0.1) is 0 Å². The van der Waals surface area contributed by atoms with E-state index in [1.165, 1.54) is 11.8 Å². The molecule has 0 aliphatic carbocycles.